The van der Waals surface area contributed by atoms with Gasteiger partial charge in [0, 0.05) is 32.7 Å². The standard InChI is InChI=1S/C15H30N6/c1-7-11-12(5)20(6)14-17-13(16-8-2)18-15(19-14)21(9-3)10-4/h12H,7-11H2,1-6H3,(H,16,17,18,19). The normalized spacial score (nSPS) is 12.1. The van der Waals surface area contributed by atoms with E-state index in [1.807, 2.05) is 6.92 Å². The summed E-state index contributed by atoms with van der Waals surface area (Å²) in [6, 6.07) is 0.413. The monoisotopic (exact) mass is 294 g/mol. The van der Waals surface area contributed by atoms with Gasteiger partial charge in [0.25, 0.3) is 0 Å². The van der Waals surface area contributed by atoms with Crippen molar-refractivity contribution in [3.8, 4) is 0 Å². The molecule has 0 saturated heterocycles. The van der Waals surface area contributed by atoms with E-state index in [1.54, 1.807) is 0 Å². The average molecular weight is 294 g/mol. The highest BCUT2D eigenvalue weighted by atomic mass is 15.4. The summed E-state index contributed by atoms with van der Waals surface area (Å²) in [5.41, 5.74) is 0. The highest BCUT2D eigenvalue weighted by molar-refractivity contribution is 5.45. The second-order valence-electron chi connectivity index (χ2n) is 5.21. The summed E-state index contributed by atoms with van der Waals surface area (Å²) in [7, 11) is 2.05. The molecule has 0 spiro atoms. The van der Waals surface area contributed by atoms with E-state index in [0.717, 1.165) is 44.4 Å². The van der Waals surface area contributed by atoms with Crippen LogP contribution in [-0.4, -0.2) is 47.7 Å². The van der Waals surface area contributed by atoms with Gasteiger partial charge in [0.05, 0.1) is 0 Å². The number of nitrogens with one attached hydrogen (secondary N) is 1. The Balaban J connectivity index is 3.12. The van der Waals surface area contributed by atoms with Crippen molar-refractivity contribution < 1.29 is 0 Å². The summed E-state index contributed by atoms with van der Waals surface area (Å²) in [4.78, 5) is 18.0. The van der Waals surface area contributed by atoms with Crippen LogP contribution in [-0.2, 0) is 0 Å². The van der Waals surface area contributed by atoms with Crippen molar-refractivity contribution in [1.29, 1.82) is 0 Å². The van der Waals surface area contributed by atoms with Gasteiger partial charge >= 0.3 is 0 Å². The van der Waals surface area contributed by atoms with E-state index in [2.05, 4.69) is 64.8 Å². The van der Waals surface area contributed by atoms with Gasteiger partial charge in [-0.2, -0.15) is 15.0 Å². The van der Waals surface area contributed by atoms with E-state index in [-0.39, 0.29) is 0 Å². The molecule has 1 rings (SSSR count). The zero-order chi connectivity index (χ0) is 15.8. The van der Waals surface area contributed by atoms with Crippen LogP contribution in [0, 0.1) is 0 Å². The van der Waals surface area contributed by atoms with Crippen LogP contribution in [0.1, 0.15) is 47.5 Å². The fourth-order valence-corrected chi connectivity index (χ4v) is 2.21. The lowest BCUT2D eigenvalue weighted by atomic mass is 10.2. The number of rotatable bonds is 9. The van der Waals surface area contributed by atoms with Gasteiger partial charge in [0.15, 0.2) is 0 Å². The van der Waals surface area contributed by atoms with E-state index < -0.39 is 0 Å². The van der Waals surface area contributed by atoms with E-state index >= 15 is 0 Å². The second kappa shape index (κ2) is 8.64. The van der Waals surface area contributed by atoms with Crippen molar-refractivity contribution in [2.45, 2.75) is 53.5 Å². The molecule has 0 saturated carbocycles. The van der Waals surface area contributed by atoms with Gasteiger partial charge in [-0.25, -0.2) is 0 Å². The number of hydrogen-bond donors (Lipinski definition) is 1. The molecule has 6 heteroatoms. The minimum atomic E-state index is 0.413. The van der Waals surface area contributed by atoms with Crippen LogP contribution in [0.3, 0.4) is 0 Å². The highest BCUT2D eigenvalue weighted by Crippen LogP contribution is 2.18. The maximum Gasteiger partial charge on any atom is 0.231 e. The second-order valence-corrected chi connectivity index (χ2v) is 5.21. The van der Waals surface area contributed by atoms with Crippen LogP contribution in [0.5, 0.6) is 0 Å². The third kappa shape index (κ3) is 4.72. The Bertz CT molecular complexity index is 419. The summed E-state index contributed by atoms with van der Waals surface area (Å²) < 4.78 is 0. The van der Waals surface area contributed by atoms with Gasteiger partial charge in [0.2, 0.25) is 17.8 Å². The van der Waals surface area contributed by atoms with Crippen molar-refractivity contribution in [1.82, 2.24) is 15.0 Å². The SMILES string of the molecule is CCCC(C)N(C)c1nc(NCC)nc(N(CC)CC)n1. The Morgan fingerprint density at radius 3 is 2.14 bits per heavy atom. The summed E-state index contributed by atoms with van der Waals surface area (Å²) in [6.07, 6.45) is 2.28. The molecular weight excluding hydrogens is 264 g/mol. The fourth-order valence-electron chi connectivity index (χ4n) is 2.21. The minimum Gasteiger partial charge on any atom is -0.354 e. The lowest BCUT2D eigenvalue weighted by Crippen LogP contribution is -2.32. The van der Waals surface area contributed by atoms with Crippen molar-refractivity contribution in [2.24, 2.45) is 0 Å². The molecule has 21 heavy (non-hydrogen) atoms. The quantitative estimate of drug-likeness (QED) is 0.756. The van der Waals surface area contributed by atoms with Crippen molar-refractivity contribution in [3.05, 3.63) is 0 Å². The lowest BCUT2D eigenvalue weighted by Gasteiger charge is -2.26. The molecule has 1 unspecified atom stereocenters. The Kier molecular flexibility index (Phi) is 7.19. The maximum absolute atomic E-state index is 4.65. The molecule has 0 bridgehead atoms. The zero-order valence-electron chi connectivity index (χ0n) is 14.3. The zero-order valence-corrected chi connectivity index (χ0v) is 14.3. The van der Waals surface area contributed by atoms with Gasteiger partial charge in [-0.1, -0.05) is 13.3 Å². The molecule has 6 nitrogen and oxygen atoms in total. The van der Waals surface area contributed by atoms with Crippen LogP contribution in [0.2, 0.25) is 0 Å². The summed E-state index contributed by atoms with van der Waals surface area (Å²) in [5, 5.41) is 3.20. The Labute approximate surface area is 129 Å². The predicted octanol–water partition coefficient (Wildman–Crippen LogP) is 2.77. The molecule has 0 amide bonds. The van der Waals surface area contributed by atoms with Crippen molar-refractivity contribution in [2.75, 3.05) is 41.8 Å². The molecule has 0 aliphatic heterocycles. The van der Waals surface area contributed by atoms with Crippen LogP contribution in [0.15, 0.2) is 0 Å². The molecule has 0 radical (unpaired) electrons. The van der Waals surface area contributed by atoms with E-state index in [4.69, 9.17) is 0 Å². The van der Waals surface area contributed by atoms with Crippen LogP contribution in [0.4, 0.5) is 17.8 Å². The molecule has 1 aromatic rings. The smallest absolute Gasteiger partial charge is 0.231 e. The molecule has 1 atom stereocenters. The predicted molar refractivity (Wildman–Crippen MR) is 90.3 cm³/mol. The summed E-state index contributed by atoms with van der Waals surface area (Å²) in [5.74, 6) is 2.14. The van der Waals surface area contributed by atoms with Gasteiger partial charge in [-0.15, -0.1) is 0 Å². The van der Waals surface area contributed by atoms with Crippen LogP contribution < -0.4 is 15.1 Å². The number of anilines is 3. The Morgan fingerprint density at radius 1 is 1.00 bits per heavy atom. The largest absolute Gasteiger partial charge is 0.354 e. The fraction of sp³-hybridized carbons (Fsp3) is 0.800. The molecule has 120 valence electrons. The maximum atomic E-state index is 4.65. The topological polar surface area (TPSA) is 57.2 Å². The van der Waals surface area contributed by atoms with Crippen molar-refractivity contribution >= 4 is 17.8 Å². The van der Waals surface area contributed by atoms with Crippen molar-refractivity contribution in [3.63, 3.8) is 0 Å². The van der Waals surface area contributed by atoms with Crippen LogP contribution >= 0.6 is 0 Å². The molecule has 1 aromatic heterocycles. The van der Waals surface area contributed by atoms with E-state index in [0.29, 0.717) is 12.0 Å². The Hall–Kier alpha value is -1.59. The Morgan fingerprint density at radius 2 is 1.62 bits per heavy atom. The molecule has 1 heterocycles. The molecule has 1 N–H and O–H groups in total. The summed E-state index contributed by atoms with van der Waals surface area (Å²) in [6.45, 7) is 13.3. The molecular formula is C15H30N6. The molecule has 0 aromatic carbocycles. The first-order chi connectivity index (χ1) is 10.1. The lowest BCUT2D eigenvalue weighted by molar-refractivity contribution is 0.603. The average Bonchev–Trinajstić information content (AvgIpc) is 2.48. The van der Waals surface area contributed by atoms with Gasteiger partial charge in [-0.3, -0.25) is 0 Å². The van der Waals surface area contributed by atoms with Gasteiger partial charge in [0.1, 0.15) is 0 Å². The summed E-state index contributed by atoms with van der Waals surface area (Å²) >= 11 is 0. The first-order valence-corrected chi connectivity index (χ1v) is 8.04. The van der Waals surface area contributed by atoms with Gasteiger partial charge in [-0.05, 0) is 34.1 Å². The number of hydrogen-bond acceptors (Lipinski definition) is 6. The highest BCUT2D eigenvalue weighted by Gasteiger charge is 2.16. The molecule has 0 fully saturated rings. The minimum absolute atomic E-state index is 0.413. The first-order valence-electron chi connectivity index (χ1n) is 8.04. The number of nitrogens with zero attached hydrogens (tertiary/aromatic N) is 5. The van der Waals surface area contributed by atoms with E-state index in [9.17, 15) is 0 Å². The molecule has 0 aliphatic carbocycles. The first kappa shape index (κ1) is 17.5. The molecule has 0 aliphatic rings. The van der Waals surface area contributed by atoms with E-state index in [1.165, 1.54) is 0 Å². The van der Waals surface area contributed by atoms with Gasteiger partial charge < -0.3 is 15.1 Å². The number of aromatic nitrogens is 3. The third-order valence-electron chi connectivity index (χ3n) is 3.68. The third-order valence-corrected chi connectivity index (χ3v) is 3.68. The van der Waals surface area contributed by atoms with Crippen LogP contribution in [0.25, 0.3) is 0 Å².